The topological polar surface area (TPSA) is 86.0 Å². The Morgan fingerprint density at radius 3 is 2.56 bits per heavy atom. The molecule has 2 aliphatic heterocycles. The number of aromatic nitrogens is 5. The maximum atomic E-state index is 14.7. The Balaban J connectivity index is 1.39. The van der Waals surface area contributed by atoms with E-state index in [0.29, 0.717) is 19.0 Å². The largest absolute Gasteiger partial charge is 0.471 e. The third-order valence-electron chi connectivity index (χ3n) is 5.74. The van der Waals surface area contributed by atoms with Crippen molar-refractivity contribution in [2.24, 2.45) is 0 Å². The molecule has 2 aromatic heterocycles. The van der Waals surface area contributed by atoms with Crippen molar-refractivity contribution in [1.82, 2.24) is 29.9 Å². The number of halogens is 4. The first kappa shape index (κ1) is 20.3. The molecule has 2 bridgehead atoms. The highest BCUT2D eigenvalue weighted by Gasteiger charge is 2.51. The molecule has 2 fully saturated rings. The van der Waals surface area contributed by atoms with Gasteiger partial charge in [0.15, 0.2) is 5.69 Å². The van der Waals surface area contributed by atoms with Gasteiger partial charge in [-0.1, -0.05) is 6.07 Å². The molecule has 8 nitrogen and oxygen atoms in total. The number of amides is 1. The van der Waals surface area contributed by atoms with Crippen LogP contribution in [0.25, 0.3) is 5.69 Å². The minimum Gasteiger partial charge on any atom is -0.471 e. The number of carbonyl (C=O) groups excluding carboxylic acids is 1. The Hall–Kier alpha value is -3.57. The fourth-order valence-electron chi connectivity index (χ4n) is 4.42. The van der Waals surface area contributed by atoms with E-state index in [-0.39, 0.29) is 29.2 Å². The molecule has 3 aromatic rings. The van der Waals surface area contributed by atoms with Crippen molar-refractivity contribution < 1.29 is 27.1 Å². The van der Waals surface area contributed by atoms with E-state index in [4.69, 9.17) is 4.74 Å². The average molecular weight is 448 g/mol. The fourth-order valence-corrected chi connectivity index (χ4v) is 4.42. The van der Waals surface area contributed by atoms with E-state index in [1.165, 1.54) is 29.3 Å². The zero-order valence-corrected chi connectivity index (χ0v) is 16.4. The van der Waals surface area contributed by atoms with Crippen molar-refractivity contribution in [2.45, 2.75) is 43.6 Å². The van der Waals surface area contributed by atoms with Gasteiger partial charge in [0.2, 0.25) is 5.88 Å². The molecule has 3 atom stereocenters. The molecule has 0 radical (unpaired) electrons. The van der Waals surface area contributed by atoms with E-state index < -0.39 is 29.7 Å². The molecule has 2 aliphatic rings. The van der Waals surface area contributed by atoms with Crippen molar-refractivity contribution in [3.8, 4) is 11.6 Å². The first-order chi connectivity index (χ1) is 15.3. The maximum absolute atomic E-state index is 14.7. The van der Waals surface area contributed by atoms with Gasteiger partial charge in [0, 0.05) is 12.5 Å². The Bertz CT molecular complexity index is 1140. The van der Waals surface area contributed by atoms with Gasteiger partial charge in [0.1, 0.15) is 23.2 Å². The second kappa shape index (κ2) is 7.53. The van der Waals surface area contributed by atoms with Gasteiger partial charge in [0.05, 0.1) is 30.8 Å². The summed E-state index contributed by atoms with van der Waals surface area (Å²) < 4.78 is 58.6. The predicted molar refractivity (Wildman–Crippen MR) is 100 cm³/mol. The van der Waals surface area contributed by atoms with Gasteiger partial charge >= 0.3 is 6.18 Å². The highest BCUT2D eigenvalue weighted by Crippen LogP contribution is 2.41. The number of benzene rings is 1. The quantitative estimate of drug-likeness (QED) is 0.571. The first-order valence-corrected chi connectivity index (χ1v) is 9.86. The van der Waals surface area contributed by atoms with Crippen LogP contribution >= 0.6 is 0 Å². The number of hydrogen-bond donors (Lipinski definition) is 0. The number of hydrogen-bond acceptors (Lipinski definition) is 6. The SMILES string of the molecule is O=C(c1c(F)cccc1-n1nccn1)N1[C@@H]2CC[C@H]1[C@H](Oc1cnc(C(F)(F)F)cn1)C2. The Labute approximate surface area is 178 Å². The van der Waals surface area contributed by atoms with E-state index >= 15 is 0 Å². The van der Waals surface area contributed by atoms with E-state index in [0.717, 1.165) is 12.6 Å². The van der Waals surface area contributed by atoms with Crippen LogP contribution in [0.5, 0.6) is 5.88 Å². The zero-order chi connectivity index (χ0) is 22.5. The lowest BCUT2D eigenvalue weighted by atomic mass is 9.98. The minimum absolute atomic E-state index is 0.0599. The zero-order valence-electron chi connectivity index (χ0n) is 16.4. The highest BCUT2D eigenvalue weighted by atomic mass is 19.4. The van der Waals surface area contributed by atoms with Gasteiger partial charge < -0.3 is 9.64 Å². The number of carbonyl (C=O) groups is 1. The predicted octanol–water partition coefficient (Wildman–Crippen LogP) is 3.04. The molecule has 0 N–H and O–H groups in total. The third-order valence-corrected chi connectivity index (χ3v) is 5.74. The summed E-state index contributed by atoms with van der Waals surface area (Å²) in [5.41, 5.74) is -1.04. The molecule has 1 aromatic carbocycles. The second-order valence-electron chi connectivity index (χ2n) is 7.59. The van der Waals surface area contributed by atoms with Gasteiger partial charge in [0.25, 0.3) is 5.91 Å². The normalized spacial score (nSPS) is 22.4. The molecular weight excluding hydrogens is 432 g/mol. The molecule has 2 saturated heterocycles. The first-order valence-electron chi connectivity index (χ1n) is 9.86. The minimum atomic E-state index is -4.60. The molecule has 12 heteroatoms. The number of ether oxygens (including phenoxy) is 1. The molecule has 0 saturated carbocycles. The molecule has 4 heterocycles. The van der Waals surface area contributed by atoms with Crippen molar-refractivity contribution in [3.63, 3.8) is 0 Å². The summed E-state index contributed by atoms with van der Waals surface area (Å²) in [7, 11) is 0. The Kier molecular flexibility index (Phi) is 4.79. The number of alkyl halides is 3. The summed E-state index contributed by atoms with van der Waals surface area (Å²) in [5.74, 6) is -1.26. The summed E-state index contributed by atoms with van der Waals surface area (Å²) in [6.45, 7) is 0. The molecule has 0 unspecified atom stereocenters. The average Bonchev–Trinajstić information content (AvgIpc) is 3.49. The van der Waals surface area contributed by atoms with Gasteiger partial charge in [-0.3, -0.25) is 4.79 Å². The van der Waals surface area contributed by atoms with Crippen LogP contribution in [0, 0.1) is 5.82 Å². The van der Waals surface area contributed by atoms with Crippen LogP contribution in [-0.4, -0.2) is 54.0 Å². The van der Waals surface area contributed by atoms with Crippen molar-refractivity contribution in [2.75, 3.05) is 0 Å². The molecule has 0 aliphatic carbocycles. The lowest BCUT2D eigenvalue weighted by Crippen LogP contribution is -2.40. The van der Waals surface area contributed by atoms with Gasteiger partial charge in [-0.15, -0.1) is 0 Å². The molecule has 1 amide bonds. The van der Waals surface area contributed by atoms with Crippen LogP contribution in [-0.2, 0) is 6.18 Å². The lowest BCUT2D eigenvalue weighted by Gasteiger charge is -2.25. The number of fused-ring (bicyclic) bond motifs is 2. The third kappa shape index (κ3) is 3.45. The summed E-state index contributed by atoms with van der Waals surface area (Å²) >= 11 is 0. The molecule has 32 heavy (non-hydrogen) atoms. The van der Waals surface area contributed by atoms with Crippen LogP contribution < -0.4 is 4.74 Å². The Morgan fingerprint density at radius 1 is 1.09 bits per heavy atom. The van der Waals surface area contributed by atoms with Crippen molar-refractivity contribution >= 4 is 5.91 Å². The number of rotatable bonds is 4. The second-order valence-corrected chi connectivity index (χ2v) is 7.59. The highest BCUT2D eigenvalue weighted by molar-refractivity contribution is 5.98. The molecular formula is C20H16F4N6O2. The van der Waals surface area contributed by atoms with E-state index in [1.54, 1.807) is 11.0 Å². The van der Waals surface area contributed by atoms with Crippen LogP contribution in [0.3, 0.4) is 0 Å². The summed E-state index contributed by atoms with van der Waals surface area (Å²) in [4.78, 5) is 23.2. The van der Waals surface area contributed by atoms with Gasteiger partial charge in [-0.25, -0.2) is 14.4 Å². The molecule has 166 valence electrons. The van der Waals surface area contributed by atoms with E-state index in [9.17, 15) is 22.4 Å². The van der Waals surface area contributed by atoms with Crippen molar-refractivity contribution in [1.29, 1.82) is 0 Å². The summed E-state index contributed by atoms with van der Waals surface area (Å²) in [6.07, 6.45) is 1.10. The van der Waals surface area contributed by atoms with Gasteiger partial charge in [-0.2, -0.15) is 28.2 Å². The number of nitrogens with zero attached hydrogens (tertiary/aromatic N) is 6. The Morgan fingerprint density at radius 2 is 1.88 bits per heavy atom. The van der Waals surface area contributed by atoms with Gasteiger partial charge in [-0.05, 0) is 25.0 Å². The van der Waals surface area contributed by atoms with Crippen LogP contribution in [0.1, 0.15) is 35.3 Å². The maximum Gasteiger partial charge on any atom is 0.434 e. The van der Waals surface area contributed by atoms with E-state index in [2.05, 4.69) is 20.2 Å². The summed E-state index contributed by atoms with van der Waals surface area (Å²) in [5, 5.41) is 7.99. The fraction of sp³-hybridized carbons (Fsp3) is 0.350. The molecule has 5 rings (SSSR count). The molecule has 0 spiro atoms. The monoisotopic (exact) mass is 448 g/mol. The van der Waals surface area contributed by atoms with E-state index in [1.807, 2.05) is 0 Å². The van der Waals surface area contributed by atoms with Crippen molar-refractivity contribution in [3.05, 3.63) is 60.1 Å². The van der Waals surface area contributed by atoms with Crippen LogP contribution in [0.4, 0.5) is 17.6 Å². The standard InChI is InChI=1S/C20H16F4N6O2/c21-12-2-1-3-14(30-27-6-7-28-30)18(12)19(31)29-11-4-5-13(29)15(8-11)32-17-10-25-16(9-26-17)20(22,23)24/h1-3,6-7,9-11,13,15H,4-5,8H2/t11-,13+,15-/m1/s1. The lowest BCUT2D eigenvalue weighted by molar-refractivity contribution is -0.141. The van der Waals surface area contributed by atoms with Crippen LogP contribution in [0.15, 0.2) is 43.0 Å². The smallest absolute Gasteiger partial charge is 0.434 e. The summed E-state index contributed by atoms with van der Waals surface area (Å²) in [6, 6.07) is 3.68. The van der Waals surface area contributed by atoms with Crippen LogP contribution in [0.2, 0.25) is 0 Å².